The van der Waals surface area contributed by atoms with Crippen LogP contribution < -0.4 is 5.56 Å². The number of nitrogens with one attached hydrogen (secondary N) is 1. The van der Waals surface area contributed by atoms with Gasteiger partial charge >= 0.3 is 0 Å². The van der Waals surface area contributed by atoms with Gasteiger partial charge in [-0.3, -0.25) is 14.4 Å². The number of ketones is 1. The van der Waals surface area contributed by atoms with Crippen molar-refractivity contribution in [3.05, 3.63) is 54.0 Å². The molecule has 0 saturated carbocycles. The summed E-state index contributed by atoms with van der Waals surface area (Å²) in [5.74, 6) is -0.410. The number of pyridine rings is 1. The van der Waals surface area contributed by atoms with E-state index in [9.17, 15) is 14.4 Å². The Bertz CT molecular complexity index is 913. The monoisotopic (exact) mass is 422 g/mol. The summed E-state index contributed by atoms with van der Waals surface area (Å²) in [7, 11) is 1.65. The van der Waals surface area contributed by atoms with Gasteiger partial charge in [0.1, 0.15) is 5.56 Å². The van der Waals surface area contributed by atoms with Crippen molar-refractivity contribution in [2.24, 2.45) is 5.41 Å². The number of carbonyl (C=O) groups is 2. The minimum Gasteiger partial charge on any atom is -0.336 e. The Morgan fingerprint density at radius 2 is 2.04 bits per heavy atom. The second-order valence-corrected chi connectivity index (χ2v) is 9.15. The van der Waals surface area contributed by atoms with Crippen LogP contribution >= 0.6 is 27.3 Å². The van der Waals surface area contributed by atoms with Crippen molar-refractivity contribution in [1.29, 1.82) is 0 Å². The maximum absolute atomic E-state index is 12.7. The Labute approximate surface area is 158 Å². The van der Waals surface area contributed by atoms with Crippen LogP contribution in [0, 0.1) is 5.41 Å². The first-order chi connectivity index (χ1) is 11.7. The lowest BCUT2D eigenvalue weighted by molar-refractivity contribution is 0.0784. The third-order valence-electron chi connectivity index (χ3n) is 4.31. The van der Waals surface area contributed by atoms with Crippen molar-refractivity contribution >= 4 is 39.0 Å². The van der Waals surface area contributed by atoms with E-state index in [4.69, 9.17) is 0 Å². The third-order valence-corrected chi connectivity index (χ3v) is 5.99. The molecule has 0 saturated heterocycles. The van der Waals surface area contributed by atoms with Crippen LogP contribution in [0.4, 0.5) is 0 Å². The molecule has 1 aliphatic rings. The number of rotatable bonds is 3. The van der Waals surface area contributed by atoms with E-state index in [1.807, 2.05) is 25.3 Å². The maximum atomic E-state index is 12.7. The van der Waals surface area contributed by atoms with E-state index in [0.717, 1.165) is 9.35 Å². The Hall–Kier alpha value is -1.73. The Morgan fingerprint density at radius 3 is 2.68 bits per heavy atom. The summed E-state index contributed by atoms with van der Waals surface area (Å²) >= 11 is 4.92. The predicted molar refractivity (Wildman–Crippen MR) is 101 cm³/mol. The topological polar surface area (TPSA) is 70.2 Å². The summed E-state index contributed by atoms with van der Waals surface area (Å²) in [4.78, 5) is 42.7. The maximum Gasteiger partial charge on any atom is 0.261 e. The van der Waals surface area contributed by atoms with Gasteiger partial charge in [0.15, 0.2) is 5.78 Å². The number of hydrogen-bond donors (Lipinski definition) is 1. The number of aromatic amines is 1. The van der Waals surface area contributed by atoms with Crippen LogP contribution in [0.5, 0.6) is 0 Å². The molecule has 25 heavy (non-hydrogen) atoms. The van der Waals surface area contributed by atoms with E-state index in [1.54, 1.807) is 7.05 Å². The van der Waals surface area contributed by atoms with Gasteiger partial charge in [-0.2, -0.15) is 0 Å². The molecule has 0 aromatic carbocycles. The Kier molecular flexibility index (Phi) is 4.72. The number of halogens is 1. The number of Topliss-reactive ketones (excluding diaryl/α,β-unsaturated/α-hetero) is 1. The van der Waals surface area contributed by atoms with E-state index < -0.39 is 5.56 Å². The van der Waals surface area contributed by atoms with Crippen LogP contribution in [0.3, 0.4) is 0 Å². The van der Waals surface area contributed by atoms with Gasteiger partial charge in [0.2, 0.25) is 0 Å². The lowest BCUT2D eigenvalue weighted by atomic mass is 9.75. The van der Waals surface area contributed by atoms with Crippen molar-refractivity contribution < 1.29 is 9.59 Å². The number of carbonyl (C=O) groups excluding carboxylic acids is 2. The Morgan fingerprint density at radius 1 is 1.32 bits per heavy atom. The summed E-state index contributed by atoms with van der Waals surface area (Å²) in [5.41, 5.74) is 0.502. The lowest BCUT2D eigenvalue weighted by Gasteiger charge is -2.30. The highest BCUT2D eigenvalue weighted by Crippen LogP contribution is 2.33. The minimum atomic E-state index is -0.437. The number of H-pyrrole nitrogens is 1. The fourth-order valence-corrected chi connectivity index (χ4v) is 4.64. The molecule has 0 radical (unpaired) electrons. The molecule has 3 rings (SSSR count). The second-order valence-electron chi connectivity index (χ2n) is 7.24. The van der Waals surface area contributed by atoms with Crippen LogP contribution in [0.1, 0.15) is 51.6 Å². The van der Waals surface area contributed by atoms with Crippen LogP contribution in [-0.4, -0.2) is 28.6 Å². The Balaban J connectivity index is 1.90. The smallest absolute Gasteiger partial charge is 0.261 e. The van der Waals surface area contributed by atoms with Crippen molar-refractivity contribution in [2.45, 2.75) is 33.2 Å². The summed E-state index contributed by atoms with van der Waals surface area (Å²) < 4.78 is 0.966. The number of fused-ring (bicyclic) bond motifs is 1. The largest absolute Gasteiger partial charge is 0.336 e. The number of thiophene rings is 1. The number of hydrogen-bond acceptors (Lipinski definition) is 4. The van der Waals surface area contributed by atoms with Crippen molar-refractivity contribution in [3.8, 4) is 0 Å². The zero-order valence-electron chi connectivity index (χ0n) is 14.3. The molecule has 132 valence electrons. The molecule has 0 aliphatic heterocycles. The van der Waals surface area contributed by atoms with Gasteiger partial charge in [-0.15, -0.1) is 11.3 Å². The van der Waals surface area contributed by atoms with Crippen LogP contribution in [-0.2, 0) is 13.0 Å². The first-order valence-corrected chi connectivity index (χ1v) is 9.61. The number of amides is 1. The second kappa shape index (κ2) is 6.53. The van der Waals surface area contributed by atoms with E-state index in [2.05, 4.69) is 20.9 Å². The first kappa shape index (κ1) is 18.1. The van der Waals surface area contributed by atoms with E-state index in [-0.39, 0.29) is 22.7 Å². The molecule has 0 unspecified atom stereocenters. The van der Waals surface area contributed by atoms with Gasteiger partial charge in [-0.25, -0.2) is 0 Å². The first-order valence-electron chi connectivity index (χ1n) is 7.94. The molecular formula is C18H19BrN2O3S. The van der Waals surface area contributed by atoms with Gasteiger partial charge in [-0.1, -0.05) is 13.8 Å². The van der Waals surface area contributed by atoms with E-state index in [1.165, 1.54) is 22.3 Å². The molecule has 2 heterocycles. The van der Waals surface area contributed by atoms with Crippen molar-refractivity contribution in [3.63, 3.8) is 0 Å². The van der Waals surface area contributed by atoms with E-state index in [0.29, 0.717) is 30.6 Å². The molecule has 7 heteroatoms. The van der Waals surface area contributed by atoms with Crippen LogP contribution in [0.2, 0.25) is 0 Å². The standard InChI is InChI=1S/C18H19BrN2O3S/c1-18(2)6-14-12(15(22)7-18)5-13(16(23)20-14)17(24)21(3)8-11-4-10(19)9-25-11/h4-5,9H,6-8H2,1-3H3,(H,20,23). The molecule has 2 aromatic heterocycles. The quantitative estimate of drug-likeness (QED) is 0.820. The highest BCUT2D eigenvalue weighted by Gasteiger charge is 2.33. The third kappa shape index (κ3) is 3.77. The summed E-state index contributed by atoms with van der Waals surface area (Å²) in [6.07, 6.45) is 1.04. The van der Waals surface area contributed by atoms with Gasteiger partial charge in [-0.05, 0) is 39.9 Å². The van der Waals surface area contributed by atoms with Crippen LogP contribution in [0.15, 0.2) is 26.8 Å². The predicted octanol–water partition coefficient (Wildman–Crippen LogP) is 3.63. The van der Waals surface area contributed by atoms with Gasteiger partial charge in [0, 0.05) is 39.5 Å². The summed E-state index contributed by atoms with van der Waals surface area (Å²) in [5, 5.41) is 1.94. The van der Waals surface area contributed by atoms with Gasteiger partial charge < -0.3 is 9.88 Å². The number of aromatic nitrogens is 1. The normalized spacial score (nSPS) is 15.8. The lowest BCUT2D eigenvalue weighted by Crippen LogP contribution is -2.35. The number of nitrogens with zero attached hydrogens (tertiary/aromatic N) is 1. The molecule has 0 spiro atoms. The highest BCUT2D eigenvalue weighted by atomic mass is 79.9. The molecule has 0 atom stereocenters. The molecule has 0 bridgehead atoms. The zero-order chi connectivity index (χ0) is 18.4. The molecule has 5 nitrogen and oxygen atoms in total. The molecule has 2 aromatic rings. The average molecular weight is 423 g/mol. The minimum absolute atomic E-state index is 0.0185. The van der Waals surface area contributed by atoms with Gasteiger partial charge in [0.25, 0.3) is 11.5 Å². The summed E-state index contributed by atoms with van der Waals surface area (Å²) in [6.45, 7) is 4.41. The fourth-order valence-electron chi connectivity index (χ4n) is 3.13. The molecule has 1 aliphatic carbocycles. The molecule has 1 amide bonds. The highest BCUT2D eigenvalue weighted by molar-refractivity contribution is 9.10. The van der Waals surface area contributed by atoms with Gasteiger partial charge in [0.05, 0.1) is 6.54 Å². The molecule has 1 N–H and O–H groups in total. The fraction of sp³-hybridized carbons (Fsp3) is 0.389. The SMILES string of the molecule is CN(Cc1cc(Br)cs1)C(=O)c1cc2c([nH]c1=O)CC(C)(C)CC2=O. The van der Waals surface area contributed by atoms with Crippen molar-refractivity contribution in [2.75, 3.05) is 7.05 Å². The molecule has 0 fully saturated rings. The average Bonchev–Trinajstić information content (AvgIpc) is 2.89. The van der Waals surface area contributed by atoms with E-state index >= 15 is 0 Å². The van der Waals surface area contributed by atoms with Crippen molar-refractivity contribution in [1.82, 2.24) is 9.88 Å². The zero-order valence-corrected chi connectivity index (χ0v) is 16.7. The summed E-state index contributed by atoms with van der Waals surface area (Å²) in [6, 6.07) is 3.41. The molecular weight excluding hydrogens is 404 g/mol. The van der Waals surface area contributed by atoms with Crippen LogP contribution in [0.25, 0.3) is 0 Å².